The summed E-state index contributed by atoms with van der Waals surface area (Å²) in [5.74, 6) is -0.654. The second kappa shape index (κ2) is 18.2. The number of amides is 2. The molecule has 2 fully saturated rings. The van der Waals surface area contributed by atoms with Crippen molar-refractivity contribution < 1.29 is 29.4 Å². The first-order valence-electron chi connectivity index (χ1n) is 17.8. The smallest absolute Gasteiger partial charge is 0.243 e. The van der Waals surface area contributed by atoms with Crippen LogP contribution >= 0.6 is 0 Å². The van der Waals surface area contributed by atoms with Gasteiger partial charge in [0.05, 0.1) is 18.8 Å². The number of aliphatic hydroxyl groups is 1. The Morgan fingerprint density at radius 3 is 2.12 bits per heavy atom. The lowest BCUT2D eigenvalue weighted by molar-refractivity contribution is -0.253. The molecule has 0 aromatic heterocycles. The van der Waals surface area contributed by atoms with Gasteiger partial charge in [-0.3, -0.25) is 24.6 Å². The van der Waals surface area contributed by atoms with Gasteiger partial charge < -0.3 is 19.9 Å². The van der Waals surface area contributed by atoms with Crippen molar-refractivity contribution in [2.45, 2.75) is 63.9 Å². The number of hydroxylamine groups is 1. The highest BCUT2D eigenvalue weighted by molar-refractivity contribution is 5.78. The number of nitrogens with one attached hydrogen (secondary N) is 2. The van der Waals surface area contributed by atoms with Crippen LogP contribution in [0.2, 0.25) is 0 Å². The predicted molar refractivity (Wildman–Crippen MR) is 194 cm³/mol. The van der Waals surface area contributed by atoms with E-state index in [1.165, 1.54) is 5.56 Å². The number of carbonyl (C=O) groups excluding carboxylic acids is 2. The van der Waals surface area contributed by atoms with E-state index in [1.807, 2.05) is 48.5 Å². The molecule has 51 heavy (non-hydrogen) atoms. The topological polar surface area (TPSA) is 124 Å². The van der Waals surface area contributed by atoms with E-state index in [0.29, 0.717) is 13.0 Å². The van der Waals surface area contributed by atoms with E-state index in [-0.39, 0.29) is 37.6 Å². The number of hydrogen-bond donors (Lipinski definition) is 4. The Balaban J connectivity index is 1.11. The highest BCUT2D eigenvalue weighted by Crippen LogP contribution is 2.39. The van der Waals surface area contributed by atoms with Crippen molar-refractivity contribution in [3.8, 4) is 11.1 Å². The number of benzene rings is 4. The Labute approximate surface area is 300 Å². The van der Waals surface area contributed by atoms with Crippen LogP contribution in [-0.2, 0) is 38.8 Å². The number of ether oxygens (including phenoxy) is 2. The summed E-state index contributed by atoms with van der Waals surface area (Å²) in [6.07, 6.45) is 0.673. The molecule has 4 N–H and O–H groups in total. The van der Waals surface area contributed by atoms with Gasteiger partial charge in [-0.1, -0.05) is 103 Å². The van der Waals surface area contributed by atoms with Gasteiger partial charge in [0.1, 0.15) is 0 Å². The zero-order valence-electron chi connectivity index (χ0n) is 29.0. The molecule has 0 aliphatic carbocycles. The molecule has 3 atom stereocenters. The summed E-state index contributed by atoms with van der Waals surface area (Å²) in [7, 11) is 0. The van der Waals surface area contributed by atoms with E-state index in [0.717, 1.165) is 79.1 Å². The molecule has 4 aromatic carbocycles. The van der Waals surface area contributed by atoms with Crippen molar-refractivity contribution in [1.29, 1.82) is 0 Å². The molecule has 10 nitrogen and oxygen atoms in total. The van der Waals surface area contributed by atoms with Crippen LogP contribution < -0.4 is 10.8 Å². The molecule has 0 unspecified atom stereocenters. The molecule has 0 radical (unpaired) electrons. The predicted octanol–water partition coefficient (Wildman–Crippen LogP) is 5.50. The van der Waals surface area contributed by atoms with Crippen LogP contribution in [0.1, 0.15) is 65.9 Å². The molecular formula is C41H48N4O6. The second-order valence-corrected chi connectivity index (χ2v) is 13.4. The quantitative estimate of drug-likeness (QED) is 0.101. The fraction of sp³-hybridized carbons (Fsp3) is 0.366. The Hall–Kier alpha value is -4.42. The Morgan fingerprint density at radius 1 is 0.725 bits per heavy atom. The molecule has 0 bridgehead atoms. The Bertz CT molecular complexity index is 1690. The Morgan fingerprint density at radius 2 is 1.39 bits per heavy atom. The van der Waals surface area contributed by atoms with Crippen molar-refractivity contribution >= 4 is 11.8 Å². The molecule has 2 aliphatic rings. The summed E-state index contributed by atoms with van der Waals surface area (Å²) in [6.45, 7) is 6.18. The van der Waals surface area contributed by atoms with E-state index in [9.17, 15) is 14.7 Å². The van der Waals surface area contributed by atoms with Crippen LogP contribution in [0.5, 0.6) is 0 Å². The number of hydrogen-bond acceptors (Lipinski definition) is 8. The highest BCUT2D eigenvalue weighted by atomic mass is 16.7. The van der Waals surface area contributed by atoms with Crippen molar-refractivity contribution in [1.82, 2.24) is 20.6 Å². The summed E-state index contributed by atoms with van der Waals surface area (Å²) in [5.41, 5.74) is 8.82. The van der Waals surface area contributed by atoms with Crippen molar-refractivity contribution in [3.63, 3.8) is 0 Å². The fourth-order valence-corrected chi connectivity index (χ4v) is 6.82. The van der Waals surface area contributed by atoms with Crippen molar-refractivity contribution in [3.05, 3.63) is 131 Å². The number of piperazine rings is 1. The third-order valence-electron chi connectivity index (χ3n) is 9.71. The van der Waals surface area contributed by atoms with Crippen LogP contribution in [0, 0.1) is 0 Å². The lowest BCUT2D eigenvalue weighted by Gasteiger charge is -2.40. The normalized spacial score (nSPS) is 19.8. The fourth-order valence-electron chi connectivity index (χ4n) is 6.82. The first-order valence-corrected chi connectivity index (χ1v) is 17.8. The van der Waals surface area contributed by atoms with Gasteiger partial charge in [-0.25, -0.2) is 5.48 Å². The van der Waals surface area contributed by atoms with Gasteiger partial charge >= 0.3 is 0 Å². The number of carbonyl (C=O) groups is 2. The average Bonchev–Trinajstić information content (AvgIpc) is 3.18. The van der Waals surface area contributed by atoms with Crippen molar-refractivity contribution in [2.75, 3.05) is 32.7 Å². The molecule has 10 heteroatoms. The van der Waals surface area contributed by atoms with E-state index in [2.05, 4.69) is 69.7 Å². The largest absolute Gasteiger partial charge is 0.392 e. The Kier molecular flexibility index (Phi) is 13.0. The van der Waals surface area contributed by atoms with Crippen LogP contribution in [0.3, 0.4) is 0 Å². The summed E-state index contributed by atoms with van der Waals surface area (Å²) in [6, 6.07) is 34.8. The molecular weight excluding hydrogens is 644 g/mol. The molecule has 268 valence electrons. The third-order valence-corrected chi connectivity index (χ3v) is 9.71. The number of rotatable bonds is 14. The second-order valence-electron chi connectivity index (χ2n) is 13.4. The third kappa shape index (κ3) is 10.3. The first kappa shape index (κ1) is 36.4. The van der Waals surface area contributed by atoms with Gasteiger partial charge in [0.2, 0.25) is 11.8 Å². The molecule has 6 rings (SSSR count). The van der Waals surface area contributed by atoms with Gasteiger partial charge in [-0.05, 0) is 39.8 Å². The molecule has 2 aliphatic heterocycles. The van der Waals surface area contributed by atoms with Crippen LogP contribution in [0.4, 0.5) is 0 Å². The minimum Gasteiger partial charge on any atom is -0.392 e. The zero-order chi connectivity index (χ0) is 35.4. The van der Waals surface area contributed by atoms with Crippen LogP contribution in [0.25, 0.3) is 11.1 Å². The average molecular weight is 693 g/mol. The highest BCUT2D eigenvalue weighted by Gasteiger charge is 2.34. The van der Waals surface area contributed by atoms with Crippen LogP contribution in [-0.4, -0.2) is 70.8 Å². The molecule has 0 saturated carbocycles. The van der Waals surface area contributed by atoms with Gasteiger partial charge in [0.25, 0.3) is 0 Å². The summed E-state index contributed by atoms with van der Waals surface area (Å²) in [5, 5.41) is 21.2. The molecule has 2 amide bonds. The standard InChI is InChI=1S/C41H48N4O6/c46-29-31-13-15-33(16-14-31)38-25-36(28-45-23-21-44(22-24-45)27-30-7-2-1-3-8-30)50-41(51-38)34-19-17-32(18-20-34)37-10-5-4-9-35(37)26-42-39(47)11-6-12-40(48)43-49/h1-5,7-10,13-20,36,38,41,46,49H,6,11-12,21-29H2,(H,42,47)(H,43,48)/t36-,38+,41+/m0/s1. The van der Waals surface area contributed by atoms with E-state index >= 15 is 0 Å². The number of aliphatic hydroxyl groups excluding tert-OH is 1. The van der Waals surface area contributed by atoms with Crippen LogP contribution in [0.15, 0.2) is 103 Å². The van der Waals surface area contributed by atoms with Gasteiger partial charge in [-0.2, -0.15) is 0 Å². The number of nitrogens with zero attached hydrogens (tertiary/aromatic N) is 2. The minimum atomic E-state index is -0.540. The lowest BCUT2D eigenvalue weighted by atomic mass is 9.97. The summed E-state index contributed by atoms with van der Waals surface area (Å²) >= 11 is 0. The SMILES string of the molecule is O=C(CCCC(=O)NCc1ccccc1-c1ccc([C@@H]2O[C@H](CN3CCN(Cc4ccccc4)CC3)C[C@H](c3ccc(CO)cc3)O2)cc1)NO. The zero-order valence-corrected chi connectivity index (χ0v) is 29.0. The van der Waals surface area contributed by atoms with Gasteiger partial charge in [-0.15, -0.1) is 0 Å². The first-order chi connectivity index (χ1) is 25.0. The minimum absolute atomic E-state index is 0.00374. The molecule has 4 aromatic rings. The van der Waals surface area contributed by atoms with Crippen molar-refractivity contribution in [2.24, 2.45) is 0 Å². The van der Waals surface area contributed by atoms with E-state index < -0.39 is 12.2 Å². The van der Waals surface area contributed by atoms with E-state index in [1.54, 1.807) is 5.48 Å². The lowest BCUT2D eigenvalue weighted by Crippen LogP contribution is -2.49. The molecule has 2 saturated heterocycles. The maximum Gasteiger partial charge on any atom is 0.243 e. The van der Waals surface area contributed by atoms with Gasteiger partial charge in [0, 0.05) is 70.6 Å². The maximum atomic E-state index is 12.4. The summed E-state index contributed by atoms with van der Waals surface area (Å²) < 4.78 is 13.3. The maximum absolute atomic E-state index is 12.4. The molecule has 0 spiro atoms. The van der Waals surface area contributed by atoms with Gasteiger partial charge in [0.15, 0.2) is 6.29 Å². The summed E-state index contributed by atoms with van der Waals surface area (Å²) in [4.78, 5) is 28.7. The van der Waals surface area contributed by atoms with E-state index in [4.69, 9.17) is 14.7 Å². The molecule has 2 heterocycles. The monoisotopic (exact) mass is 692 g/mol.